The average Bonchev–Trinajstić information content (AvgIpc) is 3.35. The molecular weight excluding hydrogens is 522 g/mol. The number of ether oxygens (including phenoxy) is 2. The molecule has 218 valence electrons. The Morgan fingerprint density at radius 3 is 2.17 bits per heavy atom. The van der Waals surface area contributed by atoms with E-state index in [1.807, 2.05) is 50.2 Å². The predicted octanol–water partition coefficient (Wildman–Crippen LogP) is 3.58. The third-order valence-electron chi connectivity index (χ3n) is 8.59. The van der Waals surface area contributed by atoms with Crippen molar-refractivity contribution in [1.82, 2.24) is 14.7 Å². The van der Waals surface area contributed by atoms with Crippen molar-refractivity contribution in [3.8, 4) is 0 Å². The van der Waals surface area contributed by atoms with Gasteiger partial charge in [-0.05, 0) is 57.9 Å². The van der Waals surface area contributed by atoms with Crippen molar-refractivity contribution in [1.29, 1.82) is 0 Å². The Kier molecular flexibility index (Phi) is 8.45. The molecular formula is C32H39N3O6. The molecule has 9 heteroatoms. The number of hydrogen-bond donors (Lipinski definition) is 0. The summed E-state index contributed by atoms with van der Waals surface area (Å²) in [6, 6.07) is 14.1. The van der Waals surface area contributed by atoms with Crippen LogP contribution in [0.1, 0.15) is 64.4 Å². The van der Waals surface area contributed by atoms with E-state index in [-0.39, 0.29) is 36.2 Å². The van der Waals surface area contributed by atoms with E-state index in [0.29, 0.717) is 69.6 Å². The first-order valence-electron chi connectivity index (χ1n) is 14.6. The standard InChI is InChI=1S/C32H39N3O6/c1-4-40-31(39)25-12-16-33(17-13-25)30(38)27-21-41-32(35(27)29(37)24-10-8-22(2)9-11-24)14-18-34(19-15-32)28(36)26-7-5-6-23(3)20-26/h5-11,20,25,27H,4,12-19,21H2,1-3H3/t27-/m1/s1. The Bertz CT molecular complexity index is 1290. The molecule has 1 atom stereocenters. The number of hydrogen-bond acceptors (Lipinski definition) is 6. The SMILES string of the molecule is CCOC(=O)C1CCN(C(=O)[C@H]2COC3(CCN(C(=O)c4cccc(C)c4)CC3)N2C(=O)c2ccc(C)cc2)CC1. The van der Waals surface area contributed by atoms with Crippen LogP contribution in [0.5, 0.6) is 0 Å². The average molecular weight is 562 g/mol. The Morgan fingerprint density at radius 1 is 0.854 bits per heavy atom. The molecule has 3 aliphatic rings. The van der Waals surface area contributed by atoms with Crippen molar-refractivity contribution in [2.24, 2.45) is 5.92 Å². The molecule has 2 aromatic rings. The first-order chi connectivity index (χ1) is 19.7. The smallest absolute Gasteiger partial charge is 0.309 e. The molecule has 3 aliphatic heterocycles. The summed E-state index contributed by atoms with van der Waals surface area (Å²) in [7, 11) is 0. The molecule has 0 radical (unpaired) electrons. The fourth-order valence-electron chi connectivity index (χ4n) is 6.22. The van der Waals surface area contributed by atoms with Crippen molar-refractivity contribution < 1.29 is 28.7 Å². The Balaban J connectivity index is 1.34. The van der Waals surface area contributed by atoms with Gasteiger partial charge >= 0.3 is 5.97 Å². The molecule has 3 fully saturated rings. The van der Waals surface area contributed by atoms with Crippen LogP contribution in [0, 0.1) is 19.8 Å². The largest absolute Gasteiger partial charge is 0.466 e. The van der Waals surface area contributed by atoms with Crippen LogP contribution in [0.4, 0.5) is 0 Å². The zero-order valence-corrected chi connectivity index (χ0v) is 24.1. The second-order valence-corrected chi connectivity index (χ2v) is 11.3. The lowest BCUT2D eigenvalue weighted by Gasteiger charge is -2.45. The van der Waals surface area contributed by atoms with Gasteiger partial charge in [0, 0.05) is 50.1 Å². The fraction of sp³-hybridized carbons (Fsp3) is 0.500. The molecule has 3 saturated heterocycles. The van der Waals surface area contributed by atoms with Crippen LogP contribution < -0.4 is 0 Å². The Morgan fingerprint density at radius 2 is 1.54 bits per heavy atom. The van der Waals surface area contributed by atoms with Crippen LogP contribution in [-0.4, -0.2) is 89.6 Å². The lowest BCUT2D eigenvalue weighted by molar-refractivity contribution is -0.152. The van der Waals surface area contributed by atoms with Gasteiger partial charge in [0.2, 0.25) is 5.91 Å². The van der Waals surface area contributed by atoms with E-state index in [2.05, 4.69) is 0 Å². The van der Waals surface area contributed by atoms with Gasteiger partial charge < -0.3 is 19.3 Å². The normalized spacial score (nSPS) is 20.8. The molecule has 0 aliphatic carbocycles. The zero-order chi connectivity index (χ0) is 29.1. The molecule has 9 nitrogen and oxygen atoms in total. The number of likely N-dealkylation sites (tertiary alicyclic amines) is 2. The number of benzene rings is 2. The number of carbonyl (C=O) groups is 4. The monoisotopic (exact) mass is 561 g/mol. The number of nitrogens with zero attached hydrogens (tertiary/aromatic N) is 3. The van der Waals surface area contributed by atoms with Gasteiger partial charge in [-0.25, -0.2) is 0 Å². The zero-order valence-electron chi connectivity index (χ0n) is 24.1. The Labute approximate surface area is 241 Å². The summed E-state index contributed by atoms with van der Waals surface area (Å²) >= 11 is 0. The molecule has 5 rings (SSSR count). The second-order valence-electron chi connectivity index (χ2n) is 11.3. The molecule has 0 bridgehead atoms. The summed E-state index contributed by atoms with van der Waals surface area (Å²) in [6.07, 6.45) is 1.89. The lowest BCUT2D eigenvalue weighted by atomic mass is 9.94. The molecule has 0 N–H and O–H groups in total. The van der Waals surface area contributed by atoms with E-state index in [0.717, 1.165) is 11.1 Å². The van der Waals surface area contributed by atoms with Crippen LogP contribution in [0.25, 0.3) is 0 Å². The first kappa shape index (κ1) is 28.8. The molecule has 0 unspecified atom stereocenters. The quantitative estimate of drug-likeness (QED) is 0.518. The van der Waals surface area contributed by atoms with Gasteiger partial charge in [0.15, 0.2) is 0 Å². The third kappa shape index (κ3) is 5.86. The summed E-state index contributed by atoms with van der Waals surface area (Å²) in [4.78, 5) is 58.6. The van der Waals surface area contributed by atoms with Crippen LogP contribution in [-0.2, 0) is 19.1 Å². The van der Waals surface area contributed by atoms with E-state index in [1.54, 1.807) is 33.8 Å². The van der Waals surface area contributed by atoms with E-state index in [9.17, 15) is 19.2 Å². The predicted molar refractivity (Wildman–Crippen MR) is 152 cm³/mol. The van der Waals surface area contributed by atoms with Crippen molar-refractivity contribution in [2.75, 3.05) is 39.4 Å². The Hall–Kier alpha value is -3.72. The van der Waals surface area contributed by atoms with Crippen molar-refractivity contribution in [3.63, 3.8) is 0 Å². The van der Waals surface area contributed by atoms with Gasteiger partial charge in [-0.15, -0.1) is 0 Å². The summed E-state index contributed by atoms with van der Waals surface area (Å²) in [5, 5.41) is 0. The maximum atomic E-state index is 14.1. The molecule has 1 spiro atoms. The van der Waals surface area contributed by atoms with Gasteiger partial charge in [-0.2, -0.15) is 0 Å². The molecule has 2 aromatic carbocycles. The van der Waals surface area contributed by atoms with Gasteiger partial charge in [-0.3, -0.25) is 24.1 Å². The van der Waals surface area contributed by atoms with Crippen LogP contribution in [0.15, 0.2) is 48.5 Å². The number of piperidine rings is 2. The maximum absolute atomic E-state index is 14.1. The highest BCUT2D eigenvalue weighted by Crippen LogP contribution is 2.39. The van der Waals surface area contributed by atoms with Crippen molar-refractivity contribution >= 4 is 23.7 Å². The van der Waals surface area contributed by atoms with E-state index < -0.39 is 11.8 Å². The van der Waals surface area contributed by atoms with E-state index in [1.165, 1.54) is 0 Å². The minimum atomic E-state index is -0.977. The molecule has 0 aromatic heterocycles. The number of rotatable bonds is 5. The highest BCUT2D eigenvalue weighted by atomic mass is 16.5. The van der Waals surface area contributed by atoms with Crippen LogP contribution in [0.2, 0.25) is 0 Å². The lowest BCUT2D eigenvalue weighted by Crippen LogP contribution is -2.60. The first-order valence-corrected chi connectivity index (χ1v) is 14.6. The van der Waals surface area contributed by atoms with Crippen molar-refractivity contribution in [2.45, 2.75) is 58.2 Å². The molecule has 3 heterocycles. The minimum Gasteiger partial charge on any atom is -0.466 e. The van der Waals surface area contributed by atoms with E-state index >= 15 is 0 Å². The van der Waals surface area contributed by atoms with Gasteiger partial charge in [0.1, 0.15) is 11.8 Å². The maximum Gasteiger partial charge on any atom is 0.309 e. The number of esters is 1. The van der Waals surface area contributed by atoms with Gasteiger partial charge in [0.25, 0.3) is 11.8 Å². The minimum absolute atomic E-state index is 0.0462. The van der Waals surface area contributed by atoms with Crippen LogP contribution >= 0.6 is 0 Å². The molecule has 3 amide bonds. The fourth-order valence-corrected chi connectivity index (χ4v) is 6.22. The second kappa shape index (κ2) is 12.0. The van der Waals surface area contributed by atoms with Crippen LogP contribution in [0.3, 0.4) is 0 Å². The summed E-state index contributed by atoms with van der Waals surface area (Å²) in [6.45, 7) is 7.82. The van der Waals surface area contributed by atoms with E-state index in [4.69, 9.17) is 9.47 Å². The summed E-state index contributed by atoms with van der Waals surface area (Å²) in [5.41, 5.74) is 2.22. The number of carbonyl (C=O) groups excluding carboxylic acids is 4. The molecule has 0 saturated carbocycles. The highest BCUT2D eigenvalue weighted by Gasteiger charge is 2.55. The highest BCUT2D eigenvalue weighted by molar-refractivity contribution is 5.99. The molecule has 41 heavy (non-hydrogen) atoms. The topological polar surface area (TPSA) is 96.5 Å². The van der Waals surface area contributed by atoms with Gasteiger partial charge in [-0.1, -0.05) is 35.4 Å². The van der Waals surface area contributed by atoms with Crippen molar-refractivity contribution in [3.05, 3.63) is 70.8 Å². The summed E-state index contributed by atoms with van der Waals surface area (Å²) in [5.74, 6) is -0.893. The number of aryl methyl sites for hydroxylation is 2. The number of amides is 3. The summed E-state index contributed by atoms with van der Waals surface area (Å²) < 4.78 is 11.5. The van der Waals surface area contributed by atoms with Gasteiger partial charge in [0.05, 0.1) is 19.1 Å². The third-order valence-corrected chi connectivity index (χ3v) is 8.59.